The van der Waals surface area contributed by atoms with Crippen molar-refractivity contribution < 1.29 is 19.4 Å². The number of aliphatic hydroxyl groups excluding tert-OH is 1. The maximum atomic E-state index is 14.1. The average molecular weight is 502 g/mol. The second-order valence-electron chi connectivity index (χ2n) is 10.2. The number of anilines is 2. The molecular weight excluding hydrogens is 470 g/mol. The van der Waals surface area contributed by atoms with Gasteiger partial charge in [-0.15, -0.1) is 5.10 Å². The van der Waals surface area contributed by atoms with Crippen molar-refractivity contribution in [3.05, 3.63) is 71.5 Å². The number of β-lactam (4-membered cyclic amide) rings is 1. The van der Waals surface area contributed by atoms with Crippen LogP contribution in [-0.4, -0.2) is 51.2 Å². The van der Waals surface area contributed by atoms with Crippen molar-refractivity contribution in [2.24, 2.45) is 5.92 Å². The van der Waals surface area contributed by atoms with Crippen LogP contribution in [0.5, 0.6) is 0 Å². The van der Waals surface area contributed by atoms with Crippen LogP contribution < -0.4 is 9.80 Å². The first-order chi connectivity index (χ1) is 18.0. The number of para-hydroxylation sites is 1. The van der Waals surface area contributed by atoms with Gasteiger partial charge in [-0.2, -0.15) is 0 Å². The van der Waals surface area contributed by atoms with Crippen molar-refractivity contribution in [3.8, 4) is 0 Å². The molecule has 3 aliphatic rings. The monoisotopic (exact) mass is 501 g/mol. The van der Waals surface area contributed by atoms with Crippen molar-refractivity contribution in [1.29, 1.82) is 0 Å². The van der Waals surface area contributed by atoms with E-state index in [0.29, 0.717) is 25.9 Å². The molecule has 0 saturated carbocycles. The van der Waals surface area contributed by atoms with E-state index in [4.69, 9.17) is 9.84 Å². The van der Waals surface area contributed by atoms with Gasteiger partial charge in [0, 0.05) is 55.9 Å². The van der Waals surface area contributed by atoms with Crippen LogP contribution in [0.4, 0.5) is 11.4 Å². The Hall–Kier alpha value is -3.56. The topological polar surface area (TPSA) is 101 Å². The molecule has 2 fully saturated rings. The van der Waals surface area contributed by atoms with Crippen LogP contribution in [0.2, 0.25) is 0 Å². The number of ether oxygens (including phenoxy) is 1. The van der Waals surface area contributed by atoms with Gasteiger partial charge in [0.15, 0.2) is 5.60 Å². The van der Waals surface area contributed by atoms with Gasteiger partial charge in [0.25, 0.3) is 5.91 Å². The minimum Gasteiger partial charge on any atom is -0.396 e. The summed E-state index contributed by atoms with van der Waals surface area (Å²) in [6.45, 7) is 3.99. The van der Waals surface area contributed by atoms with E-state index in [9.17, 15) is 9.59 Å². The number of rotatable bonds is 8. The molecule has 2 aromatic carbocycles. The Kier molecular flexibility index (Phi) is 6.04. The molecule has 2 amide bonds. The molecule has 192 valence electrons. The van der Waals surface area contributed by atoms with E-state index in [1.54, 1.807) is 9.58 Å². The zero-order valence-electron chi connectivity index (χ0n) is 20.9. The van der Waals surface area contributed by atoms with Gasteiger partial charge < -0.3 is 19.6 Å². The second-order valence-corrected chi connectivity index (χ2v) is 10.2. The first kappa shape index (κ1) is 23.8. The number of aliphatic hydroxyl groups is 1. The lowest BCUT2D eigenvalue weighted by molar-refractivity contribution is -0.146. The van der Waals surface area contributed by atoms with Crippen LogP contribution in [0.1, 0.15) is 43.0 Å². The van der Waals surface area contributed by atoms with Crippen molar-refractivity contribution in [2.45, 2.75) is 57.4 Å². The molecule has 9 heteroatoms. The van der Waals surface area contributed by atoms with E-state index in [2.05, 4.69) is 17.2 Å². The number of hydrogen-bond donors (Lipinski definition) is 1. The summed E-state index contributed by atoms with van der Waals surface area (Å²) in [5.74, 6) is 0.156. The molecule has 3 aromatic rings. The standard InChI is InChI=1S/C28H31N5O4/c1-19-16-23(10-13-31-18-21(12-15-34)29-30-31)37-28(19)24-4-2-3-5-25(24)33(27(28)36)17-20-6-8-22(9-7-20)32-14-11-26(32)35/h2-9,18-19,23,34H,10-17H2,1H3/t19-,23+,28+/m1/s1. The quantitative estimate of drug-likeness (QED) is 0.477. The van der Waals surface area contributed by atoms with E-state index in [1.165, 1.54) is 0 Å². The Morgan fingerprint density at radius 1 is 1.14 bits per heavy atom. The molecule has 0 bridgehead atoms. The number of aromatic nitrogens is 3. The Labute approximate surface area is 215 Å². The van der Waals surface area contributed by atoms with E-state index in [1.807, 2.05) is 59.6 Å². The number of carbonyl (C=O) groups excluding carboxylic acids is 2. The molecule has 1 spiro atoms. The lowest BCUT2D eigenvalue weighted by Gasteiger charge is -2.31. The number of amides is 2. The van der Waals surface area contributed by atoms with Crippen LogP contribution in [0.25, 0.3) is 0 Å². The third kappa shape index (κ3) is 4.02. The summed E-state index contributed by atoms with van der Waals surface area (Å²) >= 11 is 0. The molecule has 1 N–H and O–H groups in total. The summed E-state index contributed by atoms with van der Waals surface area (Å²) < 4.78 is 8.43. The van der Waals surface area contributed by atoms with Crippen LogP contribution >= 0.6 is 0 Å². The van der Waals surface area contributed by atoms with E-state index >= 15 is 0 Å². The number of fused-ring (bicyclic) bond motifs is 2. The third-order valence-electron chi connectivity index (χ3n) is 7.89. The number of benzene rings is 2. The fraction of sp³-hybridized carbons (Fsp3) is 0.429. The normalized spacial score (nSPS) is 24.7. The van der Waals surface area contributed by atoms with Crippen molar-refractivity contribution in [2.75, 3.05) is 23.0 Å². The molecule has 4 heterocycles. The number of nitrogens with zero attached hydrogens (tertiary/aromatic N) is 5. The molecule has 37 heavy (non-hydrogen) atoms. The maximum Gasteiger partial charge on any atom is 0.264 e. The summed E-state index contributed by atoms with van der Waals surface area (Å²) in [4.78, 5) is 29.5. The molecule has 6 rings (SSSR count). The van der Waals surface area contributed by atoms with Crippen molar-refractivity contribution in [1.82, 2.24) is 15.0 Å². The molecule has 9 nitrogen and oxygen atoms in total. The summed E-state index contributed by atoms with van der Waals surface area (Å²) in [6.07, 6.45) is 4.37. The third-order valence-corrected chi connectivity index (χ3v) is 7.89. The highest BCUT2D eigenvalue weighted by atomic mass is 16.5. The predicted octanol–water partition coefficient (Wildman–Crippen LogP) is 2.81. The SMILES string of the molecule is C[C@@H]1C[C@H](CCn2cc(CCO)nn2)O[C@@]12C(=O)N(Cc1ccc(N3CCC3=O)cc1)c1ccccc12. The first-order valence-corrected chi connectivity index (χ1v) is 13.0. The Balaban J connectivity index is 1.20. The summed E-state index contributed by atoms with van der Waals surface area (Å²) in [6, 6.07) is 15.8. The zero-order chi connectivity index (χ0) is 25.6. The van der Waals surface area contributed by atoms with Crippen molar-refractivity contribution in [3.63, 3.8) is 0 Å². The predicted molar refractivity (Wildman–Crippen MR) is 137 cm³/mol. The molecule has 0 aliphatic carbocycles. The molecule has 0 unspecified atom stereocenters. The maximum absolute atomic E-state index is 14.1. The zero-order valence-corrected chi connectivity index (χ0v) is 20.9. The summed E-state index contributed by atoms with van der Waals surface area (Å²) in [5, 5.41) is 17.3. The van der Waals surface area contributed by atoms with Gasteiger partial charge in [0.1, 0.15) is 0 Å². The second kappa shape index (κ2) is 9.39. The average Bonchev–Trinajstić information content (AvgIpc) is 3.55. The molecule has 3 aliphatic heterocycles. The van der Waals surface area contributed by atoms with E-state index in [-0.39, 0.29) is 30.4 Å². The van der Waals surface area contributed by atoms with Gasteiger partial charge in [-0.05, 0) is 36.6 Å². The van der Waals surface area contributed by atoms with Crippen LogP contribution in [0.15, 0.2) is 54.7 Å². The van der Waals surface area contributed by atoms with Gasteiger partial charge in [0.2, 0.25) is 5.91 Å². The Morgan fingerprint density at radius 3 is 2.68 bits per heavy atom. The smallest absolute Gasteiger partial charge is 0.264 e. The minimum absolute atomic E-state index is 0.0170. The largest absolute Gasteiger partial charge is 0.396 e. The molecule has 3 atom stereocenters. The van der Waals surface area contributed by atoms with Gasteiger partial charge >= 0.3 is 0 Å². The first-order valence-electron chi connectivity index (χ1n) is 13.0. The van der Waals surface area contributed by atoms with Crippen LogP contribution in [0, 0.1) is 5.92 Å². The van der Waals surface area contributed by atoms with Crippen LogP contribution in [-0.2, 0) is 39.4 Å². The highest BCUT2D eigenvalue weighted by Crippen LogP contribution is 2.53. The highest BCUT2D eigenvalue weighted by molar-refractivity contribution is 6.07. The number of aryl methyl sites for hydroxylation is 1. The fourth-order valence-electron chi connectivity index (χ4n) is 5.86. The van der Waals surface area contributed by atoms with Gasteiger partial charge in [-0.1, -0.05) is 42.5 Å². The lowest BCUT2D eigenvalue weighted by atomic mass is 9.83. The summed E-state index contributed by atoms with van der Waals surface area (Å²) in [5.41, 5.74) is 3.51. The molecule has 2 saturated heterocycles. The Bertz CT molecular complexity index is 1320. The van der Waals surface area contributed by atoms with E-state index in [0.717, 1.165) is 47.6 Å². The van der Waals surface area contributed by atoms with Crippen molar-refractivity contribution >= 4 is 23.2 Å². The lowest BCUT2D eigenvalue weighted by Crippen LogP contribution is -2.44. The number of hydrogen-bond acceptors (Lipinski definition) is 6. The molecule has 1 aromatic heterocycles. The minimum atomic E-state index is -0.990. The highest BCUT2D eigenvalue weighted by Gasteiger charge is 2.59. The summed E-state index contributed by atoms with van der Waals surface area (Å²) in [7, 11) is 0. The van der Waals surface area contributed by atoms with Crippen LogP contribution in [0.3, 0.4) is 0 Å². The Morgan fingerprint density at radius 2 is 1.95 bits per heavy atom. The number of carbonyl (C=O) groups is 2. The van der Waals surface area contributed by atoms with Gasteiger partial charge in [-0.25, -0.2) is 0 Å². The fourth-order valence-corrected chi connectivity index (χ4v) is 5.86. The van der Waals surface area contributed by atoms with Gasteiger partial charge in [-0.3, -0.25) is 14.3 Å². The molecule has 0 radical (unpaired) electrons. The van der Waals surface area contributed by atoms with Gasteiger partial charge in [0.05, 0.1) is 24.0 Å². The molecular formula is C28H31N5O4. The van der Waals surface area contributed by atoms with E-state index < -0.39 is 5.60 Å².